The average Bonchev–Trinajstić information content (AvgIpc) is 2.88. The highest BCUT2D eigenvalue weighted by molar-refractivity contribution is 5.75. The lowest BCUT2D eigenvalue weighted by molar-refractivity contribution is -0.137. The molecule has 0 atom stereocenters. The number of hydrogen-bond acceptors (Lipinski definition) is 7. The molecule has 0 bridgehead atoms. The zero-order chi connectivity index (χ0) is 27.9. The molecule has 2 aliphatic heterocycles. The van der Waals surface area contributed by atoms with Crippen molar-refractivity contribution in [2.24, 2.45) is 0 Å². The number of halogens is 5. The molecule has 208 valence electrons. The van der Waals surface area contributed by atoms with Crippen molar-refractivity contribution in [2.45, 2.75) is 26.1 Å². The van der Waals surface area contributed by atoms with Crippen molar-refractivity contribution in [3.63, 3.8) is 0 Å². The van der Waals surface area contributed by atoms with Gasteiger partial charge in [-0.3, -0.25) is 0 Å². The van der Waals surface area contributed by atoms with E-state index >= 15 is 4.39 Å². The summed E-state index contributed by atoms with van der Waals surface area (Å²) in [6.07, 6.45) is -4.14. The summed E-state index contributed by atoms with van der Waals surface area (Å²) in [5.74, 6) is -1.44. The molecule has 5 rings (SSSR count). The first-order valence-corrected chi connectivity index (χ1v) is 12.7. The van der Waals surface area contributed by atoms with E-state index in [4.69, 9.17) is 4.74 Å². The van der Waals surface area contributed by atoms with Crippen LogP contribution in [0.15, 0.2) is 36.5 Å². The maximum Gasteiger partial charge on any atom is 0.419 e. The second-order valence-electron chi connectivity index (χ2n) is 9.98. The minimum atomic E-state index is -4.79. The van der Waals surface area contributed by atoms with Crippen LogP contribution >= 0.6 is 0 Å². The van der Waals surface area contributed by atoms with E-state index in [1.807, 2.05) is 30.7 Å². The molecular formula is C27H29F5N6O. The Kier molecular flexibility index (Phi) is 7.23. The Balaban J connectivity index is 1.49. The highest BCUT2D eigenvalue weighted by Crippen LogP contribution is 2.42. The van der Waals surface area contributed by atoms with Crippen molar-refractivity contribution >= 4 is 23.0 Å². The number of nitrogens with one attached hydrogen (secondary N) is 1. The molecule has 1 saturated heterocycles. The number of nitrogens with zero attached hydrogens (tertiary/aromatic N) is 5. The number of aromatic nitrogens is 2. The van der Waals surface area contributed by atoms with Gasteiger partial charge in [0.25, 0.3) is 0 Å². The number of rotatable bonds is 5. The van der Waals surface area contributed by atoms with E-state index in [-0.39, 0.29) is 35.6 Å². The Morgan fingerprint density at radius 2 is 1.69 bits per heavy atom. The number of fused-ring (bicyclic) bond motifs is 1. The predicted octanol–water partition coefficient (Wildman–Crippen LogP) is 5.54. The van der Waals surface area contributed by atoms with Gasteiger partial charge in [0, 0.05) is 49.7 Å². The molecule has 1 N–H and O–H groups in total. The van der Waals surface area contributed by atoms with E-state index in [1.54, 1.807) is 12.1 Å². The average molecular weight is 549 g/mol. The van der Waals surface area contributed by atoms with Crippen LogP contribution in [0.5, 0.6) is 5.75 Å². The van der Waals surface area contributed by atoms with Gasteiger partial charge in [0.1, 0.15) is 18.0 Å². The van der Waals surface area contributed by atoms with Crippen LogP contribution in [0, 0.1) is 11.6 Å². The smallest absolute Gasteiger partial charge is 0.419 e. The van der Waals surface area contributed by atoms with E-state index in [0.717, 1.165) is 19.2 Å². The molecule has 0 aliphatic carbocycles. The fraction of sp³-hybridized carbons (Fsp3) is 0.407. The molecule has 0 unspecified atom stereocenters. The predicted molar refractivity (Wildman–Crippen MR) is 140 cm³/mol. The van der Waals surface area contributed by atoms with Crippen molar-refractivity contribution in [3.8, 4) is 17.0 Å². The van der Waals surface area contributed by atoms with Crippen molar-refractivity contribution in [1.29, 1.82) is 0 Å². The summed E-state index contributed by atoms with van der Waals surface area (Å²) in [5.41, 5.74) is -0.607. The first-order valence-electron chi connectivity index (χ1n) is 12.7. The van der Waals surface area contributed by atoms with Crippen LogP contribution in [0.3, 0.4) is 0 Å². The lowest BCUT2D eigenvalue weighted by Gasteiger charge is -2.35. The maximum absolute atomic E-state index is 15.0. The highest BCUT2D eigenvalue weighted by atomic mass is 19.4. The zero-order valence-electron chi connectivity index (χ0n) is 21.8. The van der Waals surface area contributed by atoms with Gasteiger partial charge in [-0.15, -0.1) is 0 Å². The molecule has 1 aromatic heterocycles. The molecule has 0 radical (unpaired) electrons. The van der Waals surface area contributed by atoms with E-state index in [0.29, 0.717) is 37.2 Å². The molecule has 39 heavy (non-hydrogen) atoms. The van der Waals surface area contributed by atoms with Gasteiger partial charge in [0.15, 0.2) is 11.6 Å². The van der Waals surface area contributed by atoms with Gasteiger partial charge in [-0.1, -0.05) is 0 Å². The van der Waals surface area contributed by atoms with Crippen molar-refractivity contribution < 1.29 is 26.7 Å². The van der Waals surface area contributed by atoms with Gasteiger partial charge in [0.05, 0.1) is 23.6 Å². The van der Waals surface area contributed by atoms with Crippen LogP contribution in [-0.2, 0) is 6.18 Å². The van der Waals surface area contributed by atoms with Crippen LogP contribution in [0.4, 0.5) is 45.0 Å². The molecule has 0 amide bonds. The van der Waals surface area contributed by atoms with Gasteiger partial charge in [-0.25, -0.2) is 18.7 Å². The van der Waals surface area contributed by atoms with Gasteiger partial charge in [0.2, 0.25) is 5.95 Å². The molecule has 7 nitrogen and oxygen atoms in total. The third-order valence-corrected chi connectivity index (χ3v) is 6.95. The molecule has 2 aliphatic rings. The van der Waals surface area contributed by atoms with Gasteiger partial charge >= 0.3 is 6.18 Å². The van der Waals surface area contributed by atoms with Crippen LogP contribution in [0.25, 0.3) is 11.3 Å². The largest absolute Gasteiger partial charge is 0.486 e. The Labute approximate surface area is 223 Å². The molecule has 1 fully saturated rings. The molecule has 12 heteroatoms. The Bertz CT molecular complexity index is 1360. The van der Waals surface area contributed by atoms with Gasteiger partial charge in [-0.05, 0) is 51.2 Å². The third kappa shape index (κ3) is 5.56. The molecule has 0 saturated carbocycles. The number of benzene rings is 2. The van der Waals surface area contributed by atoms with Crippen LogP contribution in [0.2, 0.25) is 0 Å². The third-order valence-electron chi connectivity index (χ3n) is 6.95. The number of likely N-dealkylation sites (N-methyl/N-ethyl adjacent to an activating group) is 1. The molecule has 3 aromatic rings. The summed E-state index contributed by atoms with van der Waals surface area (Å²) in [5, 5.41) is 2.79. The number of hydrogen-bond donors (Lipinski definition) is 1. The Morgan fingerprint density at radius 1 is 0.949 bits per heavy atom. The first-order chi connectivity index (χ1) is 18.5. The number of anilines is 4. The minimum absolute atomic E-state index is 0.00409. The van der Waals surface area contributed by atoms with Gasteiger partial charge in [-0.2, -0.15) is 13.2 Å². The molecular weight excluding hydrogens is 519 g/mol. The van der Waals surface area contributed by atoms with Crippen molar-refractivity contribution in [1.82, 2.24) is 14.9 Å². The van der Waals surface area contributed by atoms with Crippen molar-refractivity contribution in [3.05, 3.63) is 53.7 Å². The zero-order valence-corrected chi connectivity index (χ0v) is 21.8. The SMILES string of the molecule is CC(C)N1CCOc2c(F)cc(-c3nc(Nc4ccc(N5CCN(C)CC5)c(F)c4)ncc3C(F)(F)F)cc21. The van der Waals surface area contributed by atoms with E-state index in [2.05, 4.69) is 20.2 Å². The summed E-state index contributed by atoms with van der Waals surface area (Å²) in [6, 6.07) is 6.89. The van der Waals surface area contributed by atoms with Crippen molar-refractivity contribution in [2.75, 3.05) is 61.5 Å². The number of ether oxygens (including phenoxy) is 1. The fourth-order valence-electron chi connectivity index (χ4n) is 4.86. The first kappa shape index (κ1) is 26.9. The number of alkyl halides is 3. The Morgan fingerprint density at radius 3 is 2.36 bits per heavy atom. The monoisotopic (exact) mass is 548 g/mol. The van der Waals surface area contributed by atoms with E-state index in [1.165, 1.54) is 12.1 Å². The summed E-state index contributed by atoms with van der Waals surface area (Å²) < 4.78 is 77.3. The summed E-state index contributed by atoms with van der Waals surface area (Å²) in [6.45, 7) is 7.53. The lowest BCUT2D eigenvalue weighted by atomic mass is 10.0. The highest BCUT2D eigenvalue weighted by Gasteiger charge is 2.36. The van der Waals surface area contributed by atoms with Crippen LogP contribution in [-0.4, -0.2) is 67.3 Å². The van der Waals surface area contributed by atoms with Gasteiger partial charge < -0.3 is 24.8 Å². The number of piperazine rings is 1. The standard InChI is InChI=1S/C27H29F5N6O/c1-16(2)38-10-11-39-25-21(29)12-17(13-23(25)38)24-19(27(30,31)32)15-33-26(35-24)34-18-4-5-22(20(28)14-18)37-8-6-36(3)7-9-37/h4-5,12-16H,6-11H2,1-3H3,(H,33,34,35). The fourth-order valence-corrected chi connectivity index (χ4v) is 4.86. The van der Waals surface area contributed by atoms with Crippen LogP contribution in [0.1, 0.15) is 19.4 Å². The van der Waals surface area contributed by atoms with E-state index in [9.17, 15) is 17.6 Å². The molecule has 2 aromatic carbocycles. The summed E-state index contributed by atoms with van der Waals surface area (Å²) in [4.78, 5) is 13.9. The second kappa shape index (κ2) is 10.5. The Hall–Kier alpha value is -3.67. The molecule has 0 spiro atoms. The summed E-state index contributed by atoms with van der Waals surface area (Å²) >= 11 is 0. The second-order valence-corrected chi connectivity index (χ2v) is 9.98. The minimum Gasteiger partial charge on any atom is -0.486 e. The van der Waals surface area contributed by atoms with Crippen LogP contribution < -0.4 is 19.9 Å². The maximum atomic E-state index is 15.0. The van der Waals surface area contributed by atoms with E-state index < -0.39 is 29.1 Å². The quantitative estimate of drug-likeness (QED) is 0.420. The molecule has 3 heterocycles. The normalized spacial score (nSPS) is 16.3. The lowest BCUT2D eigenvalue weighted by Crippen LogP contribution is -2.44. The summed E-state index contributed by atoms with van der Waals surface area (Å²) in [7, 11) is 2.01. The topological polar surface area (TPSA) is 56.8 Å².